The topological polar surface area (TPSA) is 29.1 Å². The molecular formula is C13H16F3NOS. The molecule has 0 atom stereocenters. The Morgan fingerprint density at radius 3 is 2.63 bits per heavy atom. The molecule has 0 bridgehead atoms. The van der Waals surface area contributed by atoms with Crippen molar-refractivity contribution in [2.45, 2.75) is 20.0 Å². The lowest BCUT2D eigenvalue weighted by Gasteiger charge is -2.10. The van der Waals surface area contributed by atoms with Crippen LogP contribution in [0.2, 0.25) is 0 Å². The van der Waals surface area contributed by atoms with Crippen molar-refractivity contribution in [2.75, 3.05) is 16.8 Å². The van der Waals surface area contributed by atoms with Crippen molar-refractivity contribution in [1.82, 2.24) is 0 Å². The lowest BCUT2D eigenvalue weighted by atomic mass is 10.2. The van der Waals surface area contributed by atoms with Gasteiger partial charge < -0.3 is 5.32 Å². The van der Waals surface area contributed by atoms with E-state index in [1.807, 2.05) is 13.8 Å². The lowest BCUT2D eigenvalue weighted by molar-refractivity contribution is -0.137. The molecule has 0 heterocycles. The van der Waals surface area contributed by atoms with Crippen molar-refractivity contribution in [1.29, 1.82) is 0 Å². The van der Waals surface area contributed by atoms with Gasteiger partial charge in [-0.15, -0.1) is 0 Å². The van der Waals surface area contributed by atoms with Gasteiger partial charge in [-0.1, -0.05) is 19.9 Å². The van der Waals surface area contributed by atoms with E-state index < -0.39 is 11.7 Å². The standard InChI is InChI=1S/C13H16F3NOS/c1-9(2)7-19-8-12(18)17-11-5-3-4-10(6-11)13(14,15)16/h3-6,9H,7-8H2,1-2H3,(H,17,18). The molecule has 0 spiro atoms. The largest absolute Gasteiger partial charge is 0.416 e. The van der Waals surface area contributed by atoms with Crippen LogP contribution in [-0.2, 0) is 11.0 Å². The van der Waals surface area contributed by atoms with Gasteiger partial charge in [-0.2, -0.15) is 24.9 Å². The van der Waals surface area contributed by atoms with Gasteiger partial charge in [0, 0.05) is 5.69 Å². The molecule has 1 rings (SSSR count). The van der Waals surface area contributed by atoms with Crippen LogP contribution in [0.4, 0.5) is 18.9 Å². The number of hydrogen-bond acceptors (Lipinski definition) is 2. The van der Waals surface area contributed by atoms with Gasteiger partial charge in [0.25, 0.3) is 0 Å². The Bertz CT molecular complexity index is 432. The van der Waals surface area contributed by atoms with Gasteiger partial charge in [-0.3, -0.25) is 4.79 Å². The third-order valence-electron chi connectivity index (χ3n) is 2.16. The van der Waals surface area contributed by atoms with Gasteiger partial charge in [-0.25, -0.2) is 0 Å². The smallest absolute Gasteiger partial charge is 0.325 e. The quantitative estimate of drug-likeness (QED) is 0.887. The first-order valence-electron chi connectivity index (χ1n) is 5.84. The van der Waals surface area contributed by atoms with Gasteiger partial charge in [-0.05, 0) is 29.9 Å². The Morgan fingerprint density at radius 2 is 2.05 bits per heavy atom. The number of nitrogens with one attached hydrogen (secondary N) is 1. The second-order valence-electron chi connectivity index (χ2n) is 4.54. The van der Waals surface area contributed by atoms with Crippen LogP contribution in [0.3, 0.4) is 0 Å². The predicted molar refractivity (Wildman–Crippen MR) is 72.2 cm³/mol. The molecule has 106 valence electrons. The fourth-order valence-corrected chi connectivity index (χ4v) is 2.20. The summed E-state index contributed by atoms with van der Waals surface area (Å²) >= 11 is 1.46. The summed E-state index contributed by atoms with van der Waals surface area (Å²) in [5.74, 6) is 1.28. The van der Waals surface area contributed by atoms with Gasteiger partial charge >= 0.3 is 6.18 Å². The van der Waals surface area contributed by atoms with Crippen molar-refractivity contribution in [2.24, 2.45) is 5.92 Å². The summed E-state index contributed by atoms with van der Waals surface area (Å²) in [5.41, 5.74) is -0.592. The number of benzene rings is 1. The number of rotatable bonds is 5. The normalized spacial score (nSPS) is 11.7. The monoisotopic (exact) mass is 291 g/mol. The summed E-state index contributed by atoms with van der Waals surface area (Å²) in [4.78, 5) is 11.5. The van der Waals surface area contributed by atoms with E-state index in [0.29, 0.717) is 5.92 Å². The van der Waals surface area contributed by atoms with Crippen LogP contribution < -0.4 is 5.32 Å². The molecule has 2 nitrogen and oxygen atoms in total. The SMILES string of the molecule is CC(C)CSCC(=O)Nc1cccc(C(F)(F)F)c1. The summed E-state index contributed by atoms with van der Waals surface area (Å²) in [5, 5.41) is 2.47. The average Bonchev–Trinajstić information content (AvgIpc) is 2.27. The van der Waals surface area contributed by atoms with Gasteiger partial charge in [0.2, 0.25) is 5.91 Å². The van der Waals surface area contributed by atoms with E-state index >= 15 is 0 Å². The van der Waals surface area contributed by atoms with E-state index in [0.717, 1.165) is 17.9 Å². The third kappa shape index (κ3) is 6.00. The van der Waals surface area contributed by atoms with Crippen LogP contribution in [0.15, 0.2) is 24.3 Å². The second kappa shape index (κ2) is 6.84. The number of carbonyl (C=O) groups excluding carboxylic acids is 1. The maximum Gasteiger partial charge on any atom is 0.416 e. The van der Waals surface area contributed by atoms with Gasteiger partial charge in [0.05, 0.1) is 11.3 Å². The molecule has 1 aromatic rings. The van der Waals surface area contributed by atoms with Crippen molar-refractivity contribution in [3.63, 3.8) is 0 Å². The lowest BCUT2D eigenvalue weighted by Crippen LogP contribution is -2.15. The zero-order valence-electron chi connectivity index (χ0n) is 10.8. The highest BCUT2D eigenvalue weighted by molar-refractivity contribution is 7.99. The average molecular weight is 291 g/mol. The number of thioether (sulfide) groups is 1. The molecule has 19 heavy (non-hydrogen) atoms. The number of anilines is 1. The Labute approximate surface area is 114 Å². The van der Waals surface area contributed by atoms with Crippen LogP contribution in [-0.4, -0.2) is 17.4 Å². The molecule has 0 saturated heterocycles. The Morgan fingerprint density at radius 1 is 1.37 bits per heavy atom. The minimum absolute atomic E-state index is 0.171. The highest BCUT2D eigenvalue weighted by atomic mass is 32.2. The summed E-state index contributed by atoms with van der Waals surface area (Å²) < 4.78 is 37.4. The maximum atomic E-state index is 12.5. The van der Waals surface area contributed by atoms with Crippen molar-refractivity contribution in [3.8, 4) is 0 Å². The first kappa shape index (κ1) is 15.9. The van der Waals surface area contributed by atoms with Crippen molar-refractivity contribution in [3.05, 3.63) is 29.8 Å². The van der Waals surface area contributed by atoms with E-state index in [1.54, 1.807) is 0 Å². The van der Waals surface area contributed by atoms with E-state index in [1.165, 1.54) is 23.9 Å². The first-order valence-corrected chi connectivity index (χ1v) is 6.99. The molecule has 0 aromatic heterocycles. The zero-order chi connectivity index (χ0) is 14.5. The Kier molecular flexibility index (Phi) is 5.72. The molecule has 0 saturated carbocycles. The fraction of sp³-hybridized carbons (Fsp3) is 0.462. The molecule has 1 aromatic carbocycles. The Balaban J connectivity index is 2.55. The molecule has 0 aliphatic carbocycles. The molecule has 0 unspecified atom stereocenters. The zero-order valence-corrected chi connectivity index (χ0v) is 11.6. The minimum atomic E-state index is -4.40. The summed E-state index contributed by atoms with van der Waals surface area (Å²) in [6.45, 7) is 4.08. The molecule has 6 heteroatoms. The summed E-state index contributed by atoms with van der Waals surface area (Å²) in [6.07, 6.45) is -4.40. The first-order chi connectivity index (χ1) is 8.79. The molecule has 1 N–H and O–H groups in total. The number of halogens is 3. The highest BCUT2D eigenvalue weighted by Crippen LogP contribution is 2.30. The minimum Gasteiger partial charge on any atom is -0.325 e. The molecule has 0 aliphatic rings. The van der Waals surface area contributed by atoms with E-state index in [4.69, 9.17) is 0 Å². The number of carbonyl (C=O) groups is 1. The number of alkyl halides is 3. The predicted octanol–water partition coefficient (Wildman–Crippen LogP) is 4.03. The fourth-order valence-electron chi connectivity index (χ4n) is 1.36. The highest BCUT2D eigenvalue weighted by Gasteiger charge is 2.30. The van der Waals surface area contributed by atoms with Crippen molar-refractivity contribution < 1.29 is 18.0 Å². The number of hydrogen-bond donors (Lipinski definition) is 1. The van der Waals surface area contributed by atoms with Crippen LogP contribution in [0.5, 0.6) is 0 Å². The molecule has 0 radical (unpaired) electrons. The Hall–Kier alpha value is -1.17. The molecular weight excluding hydrogens is 275 g/mol. The number of amides is 1. The van der Waals surface area contributed by atoms with Gasteiger partial charge in [0.1, 0.15) is 0 Å². The van der Waals surface area contributed by atoms with Gasteiger partial charge in [0.15, 0.2) is 0 Å². The van der Waals surface area contributed by atoms with Crippen LogP contribution in [0.25, 0.3) is 0 Å². The summed E-state index contributed by atoms with van der Waals surface area (Å²) in [7, 11) is 0. The molecule has 0 fully saturated rings. The van der Waals surface area contributed by atoms with Crippen LogP contribution in [0, 0.1) is 5.92 Å². The molecule has 1 amide bonds. The van der Waals surface area contributed by atoms with E-state index in [-0.39, 0.29) is 17.3 Å². The molecule has 0 aliphatic heterocycles. The summed E-state index contributed by atoms with van der Waals surface area (Å²) in [6, 6.07) is 4.63. The van der Waals surface area contributed by atoms with Crippen molar-refractivity contribution >= 4 is 23.4 Å². The van der Waals surface area contributed by atoms with Crippen LogP contribution >= 0.6 is 11.8 Å². The maximum absolute atomic E-state index is 12.5. The van der Waals surface area contributed by atoms with E-state index in [9.17, 15) is 18.0 Å². The van der Waals surface area contributed by atoms with Crippen LogP contribution in [0.1, 0.15) is 19.4 Å². The second-order valence-corrected chi connectivity index (χ2v) is 5.57. The third-order valence-corrected chi connectivity index (χ3v) is 3.53. The van der Waals surface area contributed by atoms with E-state index in [2.05, 4.69) is 5.32 Å².